The molecule has 3 amide bonds. The first-order chi connectivity index (χ1) is 7.59. The molecular formula is C9H15N3O4. The van der Waals surface area contributed by atoms with E-state index in [2.05, 4.69) is 10.6 Å². The van der Waals surface area contributed by atoms with Gasteiger partial charge in [0.1, 0.15) is 6.61 Å². The van der Waals surface area contributed by atoms with Gasteiger partial charge in [0.25, 0.3) is 0 Å². The summed E-state index contributed by atoms with van der Waals surface area (Å²) in [7, 11) is 0. The van der Waals surface area contributed by atoms with Crippen molar-refractivity contribution in [2.45, 2.75) is 6.42 Å². The molecule has 0 aromatic carbocycles. The maximum absolute atomic E-state index is 11.4. The third-order valence-electron chi connectivity index (χ3n) is 2.14. The van der Waals surface area contributed by atoms with Crippen molar-refractivity contribution in [2.24, 2.45) is 11.7 Å². The van der Waals surface area contributed by atoms with Crippen LogP contribution in [0, 0.1) is 5.92 Å². The SMILES string of the molecule is NC(=O)COCCNC(=O)C1CNC(=O)C1. The number of nitrogens with one attached hydrogen (secondary N) is 2. The second-order valence-electron chi connectivity index (χ2n) is 3.52. The molecule has 4 N–H and O–H groups in total. The summed E-state index contributed by atoms with van der Waals surface area (Å²) in [6.45, 7) is 0.756. The van der Waals surface area contributed by atoms with Crippen LogP contribution >= 0.6 is 0 Å². The second-order valence-corrected chi connectivity index (χ2v) is 3.52. The third-order valence-corrected chi connectivity index (χ3v) is 2.14. The molecule has 7 nitrogen and oxygen atoms in total. The highest BCUT2D eigenvalue weighted by Crippen LogP contribution is 2.07. The molecule has 90 valence electrons. The molecule has 0 aromatic rings. The topological polar surface area (TPSA) is 111 Å². The fourth-order valence-electron chi connectivity index (χ4n) is 1.35. The van der Waals surface area contributed by atoms with E-state index >= 15 is 0 Å². The molecule has 1 rings (SSSR count). The summed E-state index contributed by atoms with van der Waals surface area (Å²) < 4.78 is 4.86. The van der Waals surface area contributed by atoms with Gasteiger partial charge in [-0.15, -0.1) is 0 Å². The lowest BCUT2D eigenvalue weighted by atomic mass is 10.1. The highest BCUT2D eigenvalue weighted by molar-refractivity contribution is 5.89. The van der Waals surface area contributed by atoms with Gasteiger partial charge < -0.3 is 21.1 Å². The first-order valence-electron chi connectivity index (χ1n) is 5.00. The largest absolute Gasteiger partial charge is 0.370 e. The minimum atomic E-state index is -0.545. The molecule has 1 heterocycles. The molecule has 0 bridgehead atoms. The number of primary amides is 1. The van der Waals surface area contributed by atoms with Crippen LogP contribution in [0.25, 0.3) is 0 Å². The minimum absolute atomic E-state index is 0.106. The van der Waals surface area contributed by atoms with Gasteiger partial charge in [-0.25, -0.2) is 0 Å². The number of carbonyl (C=O) groups is 3. The normalized spacial score (nSPS) is 19.2. The highest BCUT2D eigenvalue weighted by Gasteiger charge is 2.27. The maximum atomic E-state index is 11.4. The molecule has 0 radical (unpaired) electrons. The number of nitrogens with two attached hydrogens (primary N) is 1. The number of ether oxygens (including phenoxy) is 1. The van der Waals surface area contributed by atoms with Gasteiger partial charge in [-0.05, 0) is 0 Å². The van der Waals surface area contributed by atoms with Crippen LogP contribution in [-0.2, 0) is 19.1 Å². The number of carbonyl (C=O) groups excluding carboxylic acids is 3. The van der Waals surface area contributed by atoms with E-state index in [9.17, 15) is 14.4 Å². The Labute approximate surface area is 92.7 Å². The molecule has 16 heavy (non-hydrogen) atoms. The van der Waals surface area contributed by atoms with Crippen LogP contribution < -0.4 is 16.4 Å². The van der Waals surface area contributed by atoms with Crippen LogP contribution in [0.1, 0.15) is 6.42 Å². The molecule has 1 aliphatic rings. The van der Waals surface area contributed by atoms with Crippen molar-refractivity contribution in [1.82, 2.24) is 10.6 Å². The summed E-state index contributed by atoms with van der Waals surface area (Å²) in [5, 5.41) is 5.19. The van der Waals surface area contributed by atoms with Crippen LogP contribution in [0.4, 0.5) is 0 Å². The van der Waals surface area contributed by atoms with Crippen molar-refractivity contribution in [3.05, 3.63) is 0 Å². The van der Waals surface area contributed by atoms with Crippen molar-refractivity contribution in [3.63, 3.8) is 0 Å². The van der Waals surface area contributed by atoms with Gasteiger partial charge in [0.15, 0.2) is 0 Å². The molecule has 0 spiro atoms. The Morgan fingerprint density at radius 3 is 2.88 bits per heavy atom. The Morgan fingerprint density at radius 2 is 2.31 bits per heavy atom. The summed E-state index contributed by atoms with van der Waals surface area (Å²) >= 11 is 0. The first kappa shape index (κ1) is 12.4. The molecule has 1 fully saturated rings. The lowest BCUT2D eigenvalue weighted by Crippen LogP contribution is -2.34. The van der Waals surface area contributed by atoms with E-state index in [1.807, 2.05) is 0 Å². The summed E-state index contributed by atoms with van der Waals surface area (Å²) in [6, 6.07) is 0. The van der Waals surface area contributed by atoms with Gasteiger partial charge in [0, 0.05) is 19.5 Å². The lowest BCUT2D eigenvalue weighted by Gasteiger charge is -2.08. The molecular weight excluding hydrogens is 214 g/mol. The van der Waals surface area contributed by atoms with Gasteiger partial charge in [-0.2, -0.15) is 0 Å². The fourth-order valence-corrected chi connectivity index (χ4v) is 1.35. The Morgan fingerprint density at radius 1 is 1.56 bits per heavy atom. The van der Waals surface area contributed by atoms with E-state index in [0.717, 1.165) is 0 Å². The molecule has 0 aromatic heterocycles. The Hall–Kier alpha value is -1.63. The van der Waals surface area contributed by atoms with Crippen molar-refractivity contribution in [2.75, 3.05) is 26.3 Å². The Balaban J connectivity index is 2.06. The summed E-state index contributed by atoms with van der Waals surface area (Å²) in [6.07, 6.45) is 0.230. The average Bonchev–Trinajstić information content (AvgIpc) is 2.63. The summed E-state index contributed by atoms with van der Waals surface area (Å²) in [5.41, 5.74) is 4.85. The van der Waals surface area contributed by atoms with E-state index < -0.39 is 5.91 Å². The number of hydrogen-bond donors (Lipinski definition) is 3. The van der Waals surface area contributed by atoms with E-state index in [1.54, 1.807) is 0 Å². The van der Waals surface area contributed by atoms with E-state index in [0.29, 0.717) is 13.1 Å². The first-order valence-corrected chi connectivity index (χ1v) is 5.00. The summed E-state index contributed by atoms with van der Waals surface area (Å²) in [5.74, 6) is -1.13. The monoisotopic (exact) mass is 229 g/mol. The number of amides is 3. The van der Waals surface area contributed by atoms with Gasteiger partial charge in [0.05, 0.1) is 12.5 Å². The van der Waals surface area contributed by atoms with Gasteiger partial charge in [-0.1, -0.05) is 0 Å². The molecule has 7 heteroatoms. The van der Waals surface area contributed by atoms with Crippen molar-refractivity contribution >= 4 is 17.7 Å². The zero-order valence-corrected chi connectivity index (χ0v) is 8.82. The average molecular weight is 229 g/mol. The fraction of sp³-hybridized carbons (Fsp3) is 0.667. The van der Waals surface area contributed by atoms with E-state index in [-0.39, 0.29) is 37.4 Å². The molecule has 1 atom stereocenters. The van der Waals surface area contributed by atoms with Crippen molar-refractivity contribution < 1.29 is 19.1 Å². The minimum Gasteiger partial charge on any atom is -0.370 e. The van der Waals surface area contributed by atoms with Gasteiger partial charge in [0.2, 0.25) is 17.7 Å². The molecule has 1 aliphatic heterocycles. The smallest absolute Gasteiger partial charge is 0.243 e. The Bertz CT molecular complexity index is 292. The zero-order chi connectivity index (χ0) is 12.0. The van der Waals surface area contributed by atoms with Crippen LogP contribution in [0.5, 0.6) is 0 Å². The van der Waals surface area contributed by atoms with Crippen LogP contribution in [0.15, 0.2) is 0 Å². The van der Waals surface area contributed by atoms with E-state index in [4.69, 9.17) is 10.5 Å². The van der Waals surface area contributed by atoms with Crippen LogP contribution in [-0.4, -0.2) is 44.0 Å². The van der Waals surface area contributed by atoms with E-state index in [1.165, 1.54) is 0 Å². The van der Waals surface area contributed by atoms with Gasteiger partial charge in [-0.3, -0.25) is 14.4 Å². The predicted molar refractivity (Wildman–Crippen MR) is 54.1 cm³/mol. The van der Waals surface area contributed by atoms with Crippen molar-refractivity contribution in [1.29, 1.82) is 0 Å². The molecule has 1 unspecified atom stereocenters. The van der Waals surface area contributed by atoms with Crippen LogP contribution in [0.2, 0.25) is 0 Å². The standard InChI is InChI=1S/C9H15N3O4/c10-7(13)5-16-2-1-11-9(15)6-3-8(14)12-4-6/h6H,1-5H2,(H2,10,13)(H,11,15)(H,12,14). The second kappa shape index (κ2) is 6.06. The zero-order valence-electron chi connectivity index (χ0n) is 8.82. The van der Waals surface area contributed by atoms with Crippen molar-refractivity contribution in [3.8, 4) is 0 Å². The number of hydrogen-bond acceptors (Lipinski definition) is 4. The number of rotatable bonds is 6. The Kier molecular flexibility index (Phi) is 4.71. The highest BCUT2D eigenvalue weighted by atomic mass is 16.5. The quantitative estimate of drug-likeness (QED) is 0.446. The lowest BCUT2D eigenvalue weighted by molar-refractivity contribution is -0.126. The maximum Gasteiger partial charge on any atom is 0.243 e. The predicted octanol–water partition coefficient (Wildman–Crippen LogP) is -2.26. The molecule has 0 aliphatic carbocycles. The molecule has 1 saturated heterocycles. The van der Waals surface area contributed by atoms with Gasteiger partial charge >= 0.3 is 0 Å². The summed E-state index contributed by atoms with van der Waals surface area (Å²) in [4.78, 5) is 32.6. The third kappa shape index (κ3) is 4.26. The van der Waals surface area contributed by atoms with Crippen LogP contribution in [0.3, 0.4) is 0 Å². The molecule has 0 saturated carbocycles.